The third-order valence-corrected chi connectivity index (χ3v) is 3.95. The summed E-state index contributed by atoms with van der Waals surface area (Å²) in [5.41, 5.74) is 1.71. The maximum absolute atomic E-state index is 12.1. The first-order valence-electron chi connectivity index (χ1n) is 7.54. The SMILES string of the molecule is Cc1oc(-c2ccccc2)cc1NC(=O)N[C@@H]1CCN(C)C1. The van der Waals surface area contributed by atoms with E-state index in [1.165, 1.54) is 0 Å². The van der Waals surface area contributed by atoms with Gasteiger partial charge in [-0.3, -0.25) is 0 Å². The Balaban J connectivity index is 1.65. The average Bonchev–Trinajstić information content (AvgIpc) is 3.07. The van der Waals surface area contributed by atoms with E-state index in [9.17, 15) is 4.79 Å². The number of carbonyl (C=O) groups is 1. The van der Waals surface area contributed by atoms with E-state index in [2.05, 4.69) is 22.6 Å². The molecule has 1 fully saturated rings. The minimum Gasteiger partial charge on any atom is -0.459 e. The van der Waals surface area contributed by atoms with Crippen LogP contribution in [0.15, 0.2) is 40.8 Å². The summed E-state index contributed by atoms with van der Waals surface area (Å²) in [5, 5.41) is 5.88. The molecule has 0 unspecified atom stereocenters. The molecule has 0 spiro atoms. The molecular formula is C17H21N3O2. The highest BCUT2D eigenvalue weighted by Crippen LogP contribution is 2.28. The van der Waals surface area contributed by atoms with Gasteiger partial charge in [0, 0.05) is 24.2 Å². The topological polar surface area (TPSA) is 57.5 Å². The number of carbonyl (C=O) groups excluding carboxylic acids is 1. The molecule has 5 heteroatoms. The number of urea groups is 1. The van der Waals surface area contributed by atoms with Crippen molar-refractivity contribution in [3.63, 3.8) is 0 Å². The van der Waals surface area contributed by atoms with Crippen molar-refractivity contribution in [1.82, 2.24) is 10.2 Å². The zero-order valence-electron chi connectivity index (χ0n) is 12.9. The smallest absolute Gasteiger partial charge is 0.319 e. The summed E-state index contributed by atoms with van der Waals surface area (Å²) in [6.07, 6.45) is 0.990. The van der Waals surface area contributed by atoms with Gasteiger partial charge in [-0.25, -0.2) is 4.79 Å². The Morgan fingerprint density at radius 2 is 2.09 bits per heavy atom. The highest BCUT2D eigenvalue weighted by atomic mass is 16.3. The third-order valence-electron chi connectivity index (χ3n) is 3.95. The van der Waals surface area contributed by atoms with Gasteiger partial charge in [0.25, 0.3) is 0 Å². The molecule has 5 nitrogen and oxygen atoms in total. The van der Waals surface area contributed by atoms with Gasteiger partial charge in [0.15, 0.2) is 0 Å². The van der Waals surface area contributed by atoms with Gasteiger partial charge in [0.1, 0.15) is 11.5 Å². The van der Waals surface area contributed by atoms with Crippen LogP contribution in [0.25, 0.3) is 11.3 Å². The predicted octanol–water partition coefficient (Wildman–Crippen LogP) is 3.08. The van der Waals surface area contributed by atoms with Gasteiger partial charge in [-0.15, -0.1) is 0 Å². The Morgan fingerprint density at radius 3 is 2.77 bits per heavy atom. The number of rotatable bonds is 3. The van der Waals surface area contributed by atoms with E-state index in [-0.39, 0.29) is 12.1 Å². The standard InChI is InChI=1S/C17H21N3O2/c1-12-15(10-16(22-12)13-6-4-3-5-7-13)19-17(21)18-14-8-9-20(2)11-14/h3-7,10,14H,8-9,11H2,1-2H3,(H2,18,19,21)/t14-/m1/s1. The molecular weight excluding hydrogens is 278 g/mol. The van der Waals surface area contributed by atoms with E-state index in [1.807, 2.05) is 43.3 Å². The highest BCUT2D eigenvalue weighted by molar-refractivity contribution is 5.90. The fourth-order valence-corrected chi connectivity index (χ4v) is 2.75. The Hall–Kier alpha value is -2.27. The maximum atomic E-state index is 12.1. The number of anilines is 1. The van der Waals surface area contributed by atoms with Crippen LogP contribution in [0.3, 0.4) is 0 Å². The lowest BCUT2D eigenvalue weighted by Crippen LogP contribution is -2.39. The number of aryl methyl sites for hydroxylation is 1. The number of likely N-dealkylation sites (N-methyl/N-ethyl adjacent to an activating group) is 1. The fourth-order valence-electron chi connectivity index (χ4n) is 2.75. The highest BCUT2D eigenvalue weighted by Gasteiger charge is 2.21. The molecule has 0 radical (unpaired) electrons. The summed E-state index contributed by atoms with van der Waals surface area (Å²) < 4.78 is 5.74. The van der Waals surface area contributed by atoms with E-state index in [4.69, 9.17) is 4.42 Å². The number of likely N-dealkylation sites (tertiary alicyclic amines) is 1. The predicted molar refractivity (Wildman–Crippen MR) is 86.9 cm³/mol. The van der Waals surface area contributed by atoms with E-state index < -0.39 is 0 Å². The van der Waals surface area contributed by atoms with Crippen LogP contribution in [0.1, 0.15) is 12.2 Å². The van der Waals surface area contributed by atoms with Crippen molar-refractivity contribution in [2.75, 3.05) is 25.5 Å². The summed E-state index contributed by atoms with van der Waals surface area (Å²) >= 11 is 0. The second-order valence-electron chi connectivity index (χ2n) is 5.79. The van der Waals surface area contributed by atoms with Gasteiger partial charge in [-0.1, -0.05) is 30.3 Å². The Labute approximate surface area is 130 Å². The molecule has 0 saturated carbocycles. The van der Waals surface area contributed by atoms with Crippen molar-refractivity contribution in [3.05, 3.63) is 42.2 Å². The van der Waals surface area contributed by atoms with Crippen molar-refractivity contribution in [2.24, 2.45) is 0 Å². The summed E-state index contributed by atoms with van der Waals surface area (Å²) in [6.45, 7) is 3.77. The first-order chi connectivity index (χ1) is 10.6. The van der Waals surface area contributed by atoms with E-state index in [0.717, 1.165) is 30.8 Å². The lowest BCUT2D eigenvalue weighted by Gasteiger charge is -2.13. The zero-order valence-corrected chi connectivity index (χ0v) is 12.9. The molecule has 1 atom stereocenters. The molecule has 2 aromatic rings. The van der Waals surface area contributed by atoms with Crippen LogP contribution in [0, 0.1) is 6.92 Å². The monoisotopic (exact) mass is 299 g/mol. The van der Waals surface area contributed by atoms with E-state index >= 15 is 0 Å². The number of nitrogens with zero attached hydrogens (tertiary/aromatic N) is 1. The van der Waals surface area contributed by atoms with Crippen molar-refractivity contribution in [2.45, 2.75) is 19.4 Å². The summed E-state index contributed by atoms with van der Waals surface area (Å²) in [7, 11) is 2.06. The van der Waals surface area contributed by atoms with Crippen LogP contribution in [-0.4, -0.2) is 37.1 Å². The van der Waals surface area contributed by atoms with Crippen LogP contribution in [-0.2, 0) is 0 Å². The van der Waals surface area contributed by atoms with Crippen LogP contribution in [0.2, 0.25) is 0 Å². The second-order valence-corrected chi connectivity index (χ2v) is 5.79. The molecule has 1 aliphatic rings. The lowest BCUT2D eigenvalue weighted by atomic mass is 10.2. The Kier molecular flexibility index (Phi) is 4.15. The lowest BCUT2D eigenvalue weighted by molar-refractivity contribution is 0.248. The molecule has 0 bridgehead atoms. The van der Waals surface area contributed by atoms with E-state index in [0.29, 0.717) is 11.4 Å². The van der Waals surface area contributed by atoms with Gasteiger partial charge in [0.2, 0.25) is 0 Å². The molecule has 1 aliphatic heterocycles. The number of hydrogen-bond acceptors (Lipinski definition) is 3. The molecule has 1 aromatic heterocycles. The van der Waals surface area contributed by atoms with Gasteiger partial charge in [-0.05, 0) is 26.9 Å². The number of hydrogen-bond donors (Lipinski definition) is 2. The summed E-state index contributed by atoms with van der Waals surface area (Å²) in [4.78, 5) is 14.3. The van der Waals surface area contributed by atoms with Gasteiger partial charge in [0.05, 0.1) is 5.69 Å². The minimum absolute atomic E-state index is 0.177. The molecule has 2 heterocycles. The minimum atomic E-state index is -0.177. The van der Waals surface area contributed by atoms with E-state index in [1.54, 1.807) is 0 Å². The average molecular weight is 299 g/mol. The molecule has 1 aromatic carbocycles. The third kappa shape index (κ3) is 3.31. The van der Waals surface area contributed by atoms with Crippen LogP contribution < -0.4 is 10.6 Å². The summed E-state index contributed by atoms with van der Waals surface area (Å²) in [6, 6.07) is 11.8. The number of nitrogens with one attached hydrogen (secondary N) is 2. The molecule has 2 amide bonds. The van der Waals surface area contributed by atoms with Crippen molar-refractivity contribution in [1.29, 1.82) is 0 Å². The maximum Gasteiger partial charge on any atom is 0.319 e. The van der Waals surface area contributed by atoms with Crippen molar-refractivity contribution in [3.8, 4) is 11.3 Å². The summed E-state index contributed by atoms with van der Waals surface area (Å²) in [5.74, 6) is 1.46. The molecule has 1 saturated heterocycles. The first kappa shape index (κ1) is 14.7. The molecule has 2 N–H and O–H groups in total. The Morgan fingerprint density at radius 1 is 1.32 bits per heavy atom. The zero-order chi connectivity index (χ0) is 15.5. The Bertz CT molecular complexity index is 651. The molecule has 22 heavy (non-hydrogen) atoms. The van der Waals surface area contributed by atoms with Crippen molar-refractivity contribution >= 4 is 11.7 Å². The van der Waals surface area contributed by atoms with Crippen LogP contribution in [0.4, 0.5) is 10.5 Å². The number of benzene rings is 1. The molecule has 3 rings (SSSR count). The normalized spacial score (nSPS) is 18.4. The van der Waals surface area contributed by atoms with Gasteiger partial charge < -0.3 is 20.0 Å². The van der Waals surface area contributed by atoms with Gasteiger partial charge >= 0.3 is 6.03 Å². The largest absolute Gasteiger partial charge is 0.459 e. The number of furan rings is 1. The number of amides is 2. The molecule has 116 valence electrons. The first-order valence-corrected chi connectivity index (χ1v) is 7.54. The molecule has 0 aliphatic carbocycles. The second kappa shape index (κ2) is 6.23. The van der Waals surface area contributed by atoms with Crippen LogP contribution >= 0.6 is 0 Å². The van der Waals surface area contributed by atoms with Crippen molar-refractivity contribution < 1.29 is 9.21 Å². The fraction of sp³-hybridized carbons (Fsp3) is 0.353. The van der Waals surface area contributed by atoms with Crippen LogP contribution in [0.5, 0.6) is 0 Å². The van der Waals surface area contributed by atoms with Gasteiger partial charge in [-0.2, -0.15) is 0 Å². The quantitative estimate of drug-likeness (QED) is 0.915.